The van der Waals surface area contributed by atoms with Crippen LogP contribution in [0.15, 0.2) is 30.3 Å². The van der Waals surface area contributed by atoms with Crippen molar-refractivity contribution in [3.63, 3.8) is 0 Å². The molecular weight excluding hydrogens is 395 g/mol. The number of hydrazine groups is 1. The lowest BCUT2D eigenvalue weighted by molar-refractivity contribution is 0.0334. The molecule has 1 N–H and O–H groups in total. The van der Waals surface area contributed by atoms with E-state index in [4.69, 9.17) is 16.3 Å². The fraction of sp³-hybridized carbons (Fsp3) is 0.333. The fourth-order valence-corrected chi connectivity index (χ4v) is 4.39. The second-order valence-electron chi connectivity index (χ2n) is 7.35. The van der Waals surface area contributed by atoms with Gasteiger partial charge in [-0.1, -0.05) is 11.6 Å². The fourth-order valence-electron chi connectivity index (χ4n) is 4.23. The number of imidazole rings is 1. The molecule has 2 bridgehead atoms. The first-order valence-corrected chi connectivity index (χ1v) is 10.1. The summed E-state index contributed by atoms with van der Waals surface area (Å²) in [6.07, 6.45) is 2.06. The van der Waals surface area contributed by atoms with E-state index in [0.717, 1.165) is 25.9 Å². The summed E-state index contributed by atoms with van der Waals surface area (Å²) in [7, 11) is 0. The smallest absolute Gasteiger partial charge is 0.268 e. The Labute approximate surface area is 172 Å². The van der Waals surface area contributed by atoms with Crippen molar-refractivity contribution < 1.29 is 13.9 Å². The van der Waals surface area contributed by atoms with Gasteiger partial charge in [0.15, 0.2) is 0 Å². The maximum atomic E-state index is 13.8. The molecular formula is C21H20ClFN4O2. The highest BCUT2D eigenvalue weighted by atomic mass is 35.5. The van der Waals surface area contributed by atoms with Crippen molar-refractivity contribution in [3.8, 4) is 17.1 Å². The van der Waals surface area contributed by atoms with E-state index in [1.807, 2.05) is 18.0 Å². The zero-order valence-corrected chi connectivity index (χ0v) is 16.7. The molecule has 3 aromatic rings. The number of amides is 1. The van der Waals surface area contributed by atoms with Crippen LogP contribution in [-0.4, -0.2) is 51.6 Å². The summed E-state index contributed by atoms with van der Waals surface area (Å²) in [5.41, 5.74) is 2.41. The van der Waals surface area contributed by atoms with Crippen molar-refractivity contribution in [1.29, 1.82) is 0 Å². The molecule has 1 aromatic heterocycles. The van der Waals surface area contributed by atoms with Crippen LogP contribution in [-0.2, 0) is 0 Å². The molecule has 6 nitrogen and oxygen atoms in total. The van der Waals surface area contributed by atoms with Crippen molar-refractivity contribution in [1.82, 2.24) is 20.0 Å². The van der Waals surface area contributed by atoms with Gasteiger partial charge in [-0.2, -0.15) is 0 Å². The van der Waals surface area contributed by atoms with Crippen LogP contribution in [0.4, 0.5) is 4.39 Å². The van der Waals surface area contributed by atoms with E-state index in [2.05, 4.69) is 15.0 Å². The van der Waals surface area contributed by atoms with Gasteiger partial charge in [0, 0.05) is 24.7 Å². The number of benzene rings is 2. The first-order chi connectivity index (χ1) is 14.0. The zero-order chi connectivity index (χ0) is 20.1. The minimum absolute atomic E-state index is 0.00374. The number of H-pyrrole nitrogens is 1. The Morgan fingerprint density at radius 1 is 1.31 bits per heavy atom. The Morgan fingerprint density at radius 3 is 2.79 bits per heavy atom. The summed E-state index contributed by atoms with van der Waals surface area (Å²) < 4.78 is 19.6. The monoisotopic (exact) mass is 414 g/mol. The lowest BCUT2D eigenvalue weighted by Crippen LogP contribution is -2.38. The summed E-state index contributed by atoms with van der Waals surface area (Å²) in [5, 5.41) is 4.03. The molecule has 2 saturated heterocycles. The summed E-state index contributed by atoms with van der Waals surface area (Å²) in [6.45, 7) is 4.21. The lowest BCUT2D eigenvalue weighted by atomic mass is 10.1. The topological polar surface area (TPSA) is 61.5 Å². The van der Waals surface area contributed by atoms with Gasteiger partial charge in [0.2, 0.25) is 0 Å². The van der Waals surface area contributed by atoms with Crippen LogP contribution in [0.1, 0.15) is 30.1 Å². The summed E-state index contributed by atoms with van der Waals surface area (Å²) in [5.74, 6) is 0.589. The Bertz CT molecular complexity index is 1060. The van der Waals surface area contributed by atoms with Crippen LogP contribution in [0, 0.1) is 5.82 Å². The van der Waals surface area contributed by atoms with Gasteiger partial charge in [-0.05, 0) is 44.0 Å². The Kier molecular flexibility index (Phi) is 4.44. The van der Waals surface area contributed by atoms with Crippen molar-refractivity contribution in [3.05, 3.63) is 46.7 Å². The van der Waals surface area contributed by atoms with Gasteiger partial charge in [0.1, 0.15) is 17.4 Å². The minimum Gasteiger partial charge on any atom is -0.493 e. The first-order valence-electron chi connectivity index (χ1n) is 9.75. The molecule has 0 aliphatic carbocycles. The van der Waals surface area contributed by atoms with E-state index in [9.17, 15) is 9.18 Å². The lowest BCUT2D eigenvalue weighted by Gasteiger charge is -2.24. The van der Waals surface area contributed by atoms with E-state index >= 15 is 0 Å². The van der Waals surface area contributed by atoms with E-state index in [1.165, 1.54) is 12.1 Å². The average Bonchev–Trinajstić information content (AvgIpc) is 3.42. The summed E-state index contributed by atoms with van der Waals surface area (Å²) in [4.78, 5) is 20.7. The summed E-state index contributed by atoms with van der Waals surface area (Å²) in [6, 6.07) is 8.49. The Hall–Kier alpha value is -2.64. The van der Waals surface area contributed by atoms with Crippen molar-refractivity contribution >= 4 is 28.5 Å². The van der Waals surface area contributed by atoms with Gasteiger partial charge in [0.05, 0.1) is 34.3 Å². The van der Waals surface area contributed by atoms with Gasteiger partial charge in [-0.15, -0.1) is 0 Å². The quantitative estimate of drug-likeness (QED) is 0.693. The molecule has 8 heteroatoms. The average molecular weight is 415 g/mol. The number of carbonyl (C=O) groups excluding carboxylic acids is 1. The molecule has 0 spiro atoms. The van der Waals surface area contributed by atoms with Crippen molar-refractivity contribution in [2.45, 2.75) is 25.8 Å². The molecule has 3 heterocycles. The zero-order valence-electron chi connectivity index (χ0n) is 15.9. The van der Waals surface area contributed by atoms with Crippen LogP contribution in [0.2, 0.25) is 5.02 Å². The van der Waals surface area contributed by atoms with Gasteiger partial charge >= 0.3 is 0 Å². The number of carbonyl (C=O) groups is 1. The summed E-state index contributed by atoms with van der Waals surface area (Å²) >= 11 is 5.87. The molecule has 2 fully saturated rings. The van der Waals surface area contributed by atoms with Crippen molar-refractivity contribution in [2.24, 2.45) is 0 Å². The highest BCUT2D eigenvalue weighted by Crippen LogP contribution is 2.34. The number of ether oxygens (including phenoxy) is 1. The van der Waals surface area contributed by atoms with Crippen LogP contribution in [0.3, 0.4) is 0 Å². The number of halogens is 2. The molecule has 0 atom stereocenters. The molecule has 150 valence electrons. The Morgan fingerprint density at radius 2 is 2.10 bits per heavy atom. The third kappa shape index (κ3) is 3.05. The molecule has 0 unspecified atom stereocenters. The SMILES string of the molecule is CCOc1cc(C(=O)N2C3CCN2CC3)ccc1-c1nc2cc(Cl)c(F)cc2[nH]1. The maximum Gasteiger partial charge on any atom is 0.268 e. The number of fused-ring (bicyclic) bond motifs is 3. The number of hydrogen-bond acceptors (Lipinski definition) is 4. The van der Waals surface area contributed by atoms with Gasteiger partial charge < -0.3 is 9.72 Å². The molecule has 1 amide bonds. The number of rotatable bonds is 4. The van der Waals surface area contributed by atoms with E-state index in [0.29, 0.717) is 46.4 Å². The molecule has 2 aromatic carbocycles. The molecule has 5 rings (SSSR count). The highest BCUT2D eigenvalue weighted by Gasteiger charge is 2.41. The van der Waals surface area contributed by atoms with Gasteiger partial charge in [0.25, 0.3) is 5.91 Å². The van der Waals surface area contributed by atoms with Crippen LogP contribution < -0.4 is 4.74 Å². The predicted octanol–water partition coefficient (Wildman–Crippen LogP) is 4.26. The maximum absolute atomic E-state index is 13.8. The Balaban J connectivity index is 1.53. The van der Waals surface area contributed by atoms with Crippen molar-refractivity contribution in [2.75, 3.05) is 19.7 Å². The van der Waals surface area contributed by atoms with Crippen LogP contribution in [0.5, 0.6) is 5.75 Å². The van der Waals surface area contributed by atoms with Gasteiger partial charge in [-0.3, -0.25) is 9.80 Å². The third-order valence-corrected chi connectivity index (χ3v) is 5.90. The van der Waals surface area contributed by atoms with E-state index in [1.54, 1.807) is 12.1 Å². The van der Waals surface area contributed by atoms with Crippen LogP contribution in [0.25, 0.3) is 22.4 Å². The number of aromatic nitrogens is 2. The largest absolute Gasteiger partial charge is 0.493 e. The number of nitrogens with one attached hydrogen (secondary N) is 1. The third-order valence-electron chi connectivity index (χ3n) is 5.61. The molecule has 0 saturated carbocycles. The first kappa shape index (κ1) is 18.4. The number of hydrogen-bond donors (Lipinski definition) is 1. The molecule has 0 radical (unpaired) electrons. The van der Waals surface area contributed by atoms with E-state index in [-0.39, 0.29) is 10.9 Å². The second kappa shape index (κ2) is 7.00. The molecule has 2 aliphatic heterocycles. The standard InChI is InChI=1S/C21H20ClFN4O2/c1-2-29-19-9-12(21(28)27-13-5-7-26(27)8-6-13)3-4-14(19)20-24-17-10-15(22)16(23)11-18(17)25-20/h3-4,9-11,13H,2,5-8H2,1H3,(H,24,25). The number of aromatic amines is 1. The van der Waals surface area contributed by atoms with Crippen LogP contribution >= 0.6 is 11.6 Å². The van der Waals surface area contributed by atoms with E-state index < -0.39 is 5.82 Å². The minimum atomic E-state index is -0.504. The highest BCUT2D eigenvalue weighted by molar-refractivity contribution is 6.31. The second-order valence-corrected chi connectivity index (χ2v) is 7.75. The van der Waals surface area contributed by atoms with Gasteiger partial charge in [-0.25, -0.2) is 14.4 Å². The number of nitrogens with zero attached hydrogens (tertiary/aromatic N) is 3. The number of piperidine rings is 1. The molecule has 2 aliphatic rings. The predicted molar refractivity (Wildman–Crippen MR) is 108 cm³/mol. The normalized spacial score (nSPS) is 20.6. The molecule has 29 heavy (non-hydrogen) atoms.